The van der Waals surface area contributed by atoms with Gasteiger partial charge in [0.15, 0.2) is 0 Å². The van der Waals surface area contributed by atoms with E-state index in [1.165, 1.54) is 31.2 Å². The van der Waals surface area contributed by atoms with Gasteiger partial charge in [-0.1, -0.05) is 44.4 Å². The molecule has 110 valence electrons. The van der Waals surface area contributed by atoms with Gasteiger partial charge in [0.25, 0.3) is 0 Å². The maximum atomic E-state index is 6.12. The van der Waals surface area contributed by atoms with Gasteiger partial charge in [-0.05, 0) is 24.9 Å². The van der Waals surface area contributed by atoms with Gasteiger partial charge in [0.2, 0.25) is 0 Å². The number of fused-ring (bicyclic) bond motifs is 1. The Morgan fingerprint density at radius 2 is 2.15 bits per heavy atom. The molecule has 20 heavy (non-hydrogen) atoms. The Balaban J connectivity index is 1.61. The summed E-state index contributed by atoms with van der Waals surface area (Å²) < 4.78 is 12.0. The average Bonchev–Trinajstić information content (AvgIpc) is 2.43. The van der Waals surface area contributed by atoms with E-state index < -0.39 is 0 Å². The van der Waals surface area contributed by atoms with Gasteiger partial charge < -0.3 is 14.8 Å². The van der Waals surface area contributed by atoms with Crippen LogP contribution in [0.1, 0.15) is 44.2 Å². The molecule has 0 saturated heterocycles. The Labute approximate surface area is 121 Å². The van der Waals surface area contributed by atoms with Gasteiger partial charge >= 0.3 is 0 Å². The molecule has 1 aliphatic heterocycles. The molecule has 1 N–H and O–H groups in total. The highest BCUT2D eigenvalue weighted by atomic mass is 16.5. The summed E-state index contributed by atoms with van der Waals surface area (Å²) >= 11 is 0. The lowest BCUT2D eigenvalue weighted by molar-refractivity contribution is -0.0229. The van der Waals surface area contributed by atoms with Crippen molar-refractivity contribution in [3.8, 4) is 5.75 Å². The highest BCUT2D eigenvalue weighted by molar-refractivity contribution is 5.38. The molecule has 0 amide bonds. The minimum atomic E-state index is 0.130. The van der Waals surface area contributed by atoms with Crippen molar-refractivity contribution in [1.82, 2.24) is 5.32 Å². The molecule has 1 saturated carbocycles. The molecule has 1 aromatic carbocycles. The third-order valence-electron chi connectivity index (χ3n) is 4.54. The Bertz CT molecular complexity index is 431. The number of hydrogen-bond acceptors (Lipinski definition) is 3. The summed E-state index contributed by atoms with van der Waals surface area (Å²) in [6.45, 7) is 4.60. The fourth-order valence-corrected chi connectivity index (χ4v) is 3.11. The van der Waals surface area contributed by atoms with Crippen LogP contribution in [-0.4, -0.2) is 25.9 Å². The van der Waals surface area contributed by atoms with Gasteiger partial charge in [0.05, 0.1) is 6.04 Å². The molecule has 2 atom stereocenters. The minimum Gasteiger partial charge on any atom is -0.490 e. The molecular weight excluding hydrogens is 250 g/mol. The van der Waals surface area contributed by atoms with Gasteiger partial charge in [-0.2, -0.15) is 0 Å². The van der Waals surface area contributed by atoms with Gasteiger partial charge in [-0.15, -0.1) is 0 Å². The van der Waals surface area contributed by atoms with Crippen LogP contribution in [0.25, 0.3) is 0 Å². The van der Waals surface area contributed by atoms with E-state index in [1.807, 2.05) is 12.1 Å². The fourth-order valence-electron chi connectivity index (χ4n) is 3.11. The molecule has 1 fully saturated rings. The largest absolute Gasteiger partial charge is 0.490 e. The van der Waals surface area contributed by atoms with Crippen LogP contribution in [-0.2, 0) is 4.74 Å². The summed E-state index contributed by atoms with van der Waals surface area (Å²) in [6.07, 6.45) is 5.53. The lowest BCUT2D eigenvalue weighted by Crippen LogP contribution is -2.41. The number of likely N-dealkylation sites (N-methyl/N-ethyl adjacent to an activating group) is 1. The lowest BCUT2D eigenvalue weighted by atomic mass is 9.83. The van der Waals surface area contributed by atoms with Crippen LogP contribution in [0.4, 0.5) is 0 Å². The zero-order valence-corrected chi connectivity index (χ0v) is 12.3. The van der Waals surface area contributed by atoms with E-state index in [1.54, 1.807) is 0 Å². The van der Waals surface area contributed by atoms with Crippen molar-refractivity contribution < 1.29 is 9.47 Å². The van der Waals surface area contributed by atoms with Crippen LogP contribution in [0.15, 0.2) is 24.3 Å². The highest BCUT2D eigenvalue weighted by Gasteiger charge is 2.31. The van der Waals surface area contributed by atoms with Crippen LogP contribution < -0.4 is 10.1 Å². The van der Waals surface area contributed by atoms with Crippen molar-refractivity contribution in [3.63, 3.8) is 0 Å². The molecular formula is C17H25NO2. The number of hydrogen-bond donors (Lipinski definition) is 1. The first-order valence-electron chi connectivity index (χ1n) is 7.95. The summed E-state index contributed by atoms with van der Waals surface area (Å²) in [7, 11) is 0. The monoisotopic (exact) mass is 275 g/mol. The summed E-state index contributed by atoms with van der Waals surface area (Å²) in [6, 6.07) is 8.54. The summed E-state index contributed by atoms with van der Waals surface area (Å²) in [5.41, 5.74) is 1.23. The minimum absolute atomic E-state index is 0.130. The molecule has 3 rings (SSSR count). The van der Waals surface area contributed by atoms with Crippen LogP contribution in [0, 0.1) is 5.92 Å². The van der Waals surface area contributed by atoms with E-state index in [-0.39, 0.29) is 12.1 Å². The molecule has 2 aliphatic rings. The van der Waals surface area contributed by atoms with Gasteiger partial charge in [-0.3, -0.25) is 0 Å². The first kappa shape index (κ1) is 13.9. The first-order valence-corrected chi connectivity index (χ1v) is 7.95. The number of rotatable bonds is 6. The summed E-state index contributed by atoms with van der Waals surface area (Å²) in [4.78, 5) is 0. The van der Waals surface area contributed by atoms with Crippen LogP contribution in [0.5, 0.6) is 5.75 Å². The number of para-hydroxylation sites is 1. The maximum absolute atomic E-state index is 6.12. The Morgan fingerprint density at radius 1 is 1.30 bits per heavy atom. The molecule has 0 bridgehead atoms. The SMILES string of the molecule is CCNC1c2ccccc2OCC1OCCC1CCC1. The molecule has 2 unspecified atom stereocenters. The third kappa shape index (κ3) is 2.99. The van der Waals surface area contributed by atoms with E-state index in [4.69, 9.17) is 9.47 Å². The van der Waals surface area contributed by atoms with Gasteiger partial charge in [0, 0.05) is 12.2 Å². The van der Waals surface area contributed by atoms with E-state index in [0.29, 0.717) is 6.61 Å². The smallest absolute Gasteiger partial charge is 0.124 e. The fraction of sp³-hybridized carbons (Fsp3) is 0.647. The van der Waals surface area contributed by atoms with Crippen molar-refractivity contribution in [2.75, 3.05) is 19.8 Å². The van der Waals surface area contributed by atoms with Gasteiger partial charge in [-0.25, -0.2) is 0 Å². The second-order valence-corrected chi connectivity index (χ2v) is 5.88. The Hall–Kier alpha value is -1.06. The number of nitrogens with one attached hydrogen (secondary N) is 1. The Morgan fingerprint density at radius 3 is 2.90 bits per heavy atom. The van der Waals surface area contributed by atoms with Crippen LogP contribution in [0.3, 0.4) is 0 Å². The van der Waals surface area contributed by atoms with Crippen molar-refractivity contribution in [2.45, 2.75) is 44.8 Å². The number of ether oxygens (including phenoxy) is 2. The van der Waals surface area contributed by atoms with Crippen molar-refractivity contribution in [1.29, 1.82) is 0 Å². The molecule has 3 heteroatoms. The normalized spacial score (nSPS) is 25.6. The molecule has 3 nitrogen and oxygen atoms in total. The Kier molecular flexibility index (Phi) is 4.58. The zero-order valence-electron chi connectivity index (χ0n) is 12.3. The lowest BCUT2D eigenvalue weighted by Gasteiger charge is -2.34. The van der Waals surface area contributed by atoms with E-state index in [2.05, 4.69) is 24.4 Å². The second-order valence-electron chi connectivity index (χ2n) is 5.88. The van der Waals surface area contributed by atoms with Gasteiger partial charge in [0.1, 0.15) is 18.5 Å². The van der Waals surface area contributed by atoms with Crippen LogP contribution >= 0.6 is 0 Å². The van der Waals surface area contributed by atoms with Crippen molar-refractivity contribution in [2.24, 2.45) is 5.92 Å². The van der Waals surface area contributed by atoms with E-state index >= 15 is 0 Å². The second kappa shape index (κ2) is 6.59. The first-order chi connectivity index (χ1) is 9.88. The quantitative estimate of drug-likeness (QED) is 0.864. The predicted molar refractivity (Wildman–Crippen MR) is 80.1 cm³/mol. The van der Waals surface area contributed by atoms with Crippen molar-refractivity contribution >= 4 is 0 Å². The van der Waals surface area contributed by atoms with E-state index in [0.717, 1.165) is 24.8 Å². The standard InChI is InChI=1S/C17H25NO2/c1-2-18-17-14-8-3-4-9-15(14)20-12-16(17)19-11-10-13-6-5-7-13/h3-4,8-9,13,16-18H,2,5-7,10-12H2,1H3. The predicted octanol–water partition coefficient (Wildman–Crippen LogP) is 3.31. The van der Waals surface area contributed by atoms with Crippen molar-refractivity contribution in [3.05, 3.63) is 29.8 Å². The van der Waals surface area contributed by atoms with Crippen LogP contribution in [0.2, 0.25) is 0 Å². The topological polar surface area (TPSA) is 30.5 Å². The molecule has 1 heterocycles. The molecule has 1 aromatic rings. The average molecular weight is 275 g/mol. The summed E-state index contributed by atoms with van der Waals surface area (Å²) in [5, 5.41) is 3.55. The molecule has 1 aliphatic carbocycles. The zero-order chi connectivity index (χ0) is 13.8. The highest BCUT2D eigenvalue weighted by Crippen LogP contribution is 2.34. The maximum Gasteiger partial charge on any atom is 0.124 e. The molecule has 0 spiro atoms. The molecule has 0 radical (unpaired) electrons. The third-order valence-corrected chi connectivity index (χ3v) is 4.54. The summed E-state index contributed by atoms with van der Waals surface area (Å²) in [5.74, 6) is 1.90. The number of benzene rings is 1. The van der Waals surface area contributed by atoms with E-state index in [9.17, 15) is 0 Å². The molecule has 0 aromatic heterocycles.